The molecule has 0 aliphatic rings. The summed E-state index contributed by atoms with van der Waals surface area (Å²) in [7, 11) is 5.12. The molecule has 0 spiro atoms. The second kappa shape index (κ2) is 8.18. The van der Waals surface area contributed by atoms with Crippen LogP contribution >= 0.6 is 0 Å². The Morgan fingerprint density at radius 3 is 2.00 bits per heavy atom. The number of anilines is 2. The second-order valence-electron chi connectivity index (χ2n) is 5.60. The number of nitrogen functional groups attached to an aromatic ring is 1. The molecule has 0 saturated carbocycles. The molecule has 0 saturated heterocycles. The number of nitrogens with two attached hydrogens (primary N) is 1. The lowest BCUT2D eigenvalue weighted by Gasteiger charge is -2.28. The van der Waals surface area contributed by atoms with Crippen LogP contribution in [0.3, 0.4) is 0 Å². The smallest absolute Gasteiger partial charge is 0.217 e. The summed E-state index contributed by atoms with van der Waals surface area (Å²) in [5.74, 6) is 0. The molecule has 0 aromatic heterocycles. The fourth-order valence-corrected chi connectivity index (χ4v) is 1.31. The normalized spacial score (nSPS) is 11.5. The summed E-state index contributed by atoms with van der Waals surface area (Å²) in [4.78, 5) is 2.25. The van der Waals surface area contributed by atoms with E-state index < -0.39 is 10.4 Å². The third kappa shape index (κ3) is 11.0. The van der Waals surface area contributed by atoms with E-state index >= 15 is 0 Å². The van der Waals surface area contributed by atoms with E-state index in [1.807, 2.05) is 12.1 Å². The maximum absolute atomic E-state index is 9.22. The number of likely N-dealkylation sites (N-methyl/N-ethyl adjacent to an activating group) is 2. The van der Waals surface area contributed by atoms with Gasteiger partial charge in [0, 0.05) is 18.4 Å². The van der Waals surface area contributed by atoms with Gasteiger partial charge in [-0.2, -0.15) is 0 Å². The fraction of sp³-hybridized carbons (Fsp3) is 0.538. The van der Waals surface area contributed by atoms with Gasteiger partial charge in [0.05, 0.1) is 41.3 Å². The molecule has 0 aliphatic carbocycles. The van der Waals surface area contributed by atoms with Crippen LogP contribution in [-0.4, -0.2) is 65.8 Å². The van der Waals surface area contributed by atoms with Gasteiger partial charge < -0.3 is 19.7 Å². The lowest BCUT2D eigenvalue weighted by molar-refractivity contribution is -0.868. The van der Waals surface area contributed by atoms with Crippen LogP contribution < -0.4 is 10.6 Å². The first-order chi connectivity index (χ1) is 9.44. The molecule has 0 heterocycles. The summed E-state index contributed by atoms with van der Waals surface area (Å²) < 4.78 is 32.0. The highest BCUT2D eigenvalue weighted by atomic mass is 32.3. The fourth-order valence-electron chi connectivity index (χ4n) is 1.31. The van der Waals surface area contributed by atoms with Crippen LogP contribution in [0.1, 0.15) is 0 Å². The first kappa shape index (κ1) is 19.7. The zero-order valence-electron chi connectivity index (χ0n) is 13.2. The molecule has 0 amide bonds. The van der Waals surface area contributed by atoms with Gasteiger partial charge in [0.15, 0.2) is 0 Å². The molecule has 8 heteroatoms. The van der Waals surface area contributed by atoms with Gasteiger partial charge >= 0.3 is 0 Å². The van der Waals surface area contributed by atoms with Crippen LogP contribution in [0.15, 0.2) is 24.3 Å². The average Bonchev–Trinajstić information content (AvgIpc) is 2.36. The Kier molecular flexibility index (Phi) is 7.65. The van der Waals surface area contributed by atoms with Crippen LogP contribution in [0, 0.1) is 0 Å². The molecule has 122 valence electrons. The lowest BCUT2D eigenvalue weighted by atomic mass is 10.2. The molecule has 0 aliphatic heterocycles. The van der Waals surface area contributed by atoms with Crippen molar-refractivity contribution in [2.75, 3.05) is 59.0 Å². The highest BCUT2D eigenvalue weighted by molar-refractivity contribution is 7.80. The van der Waals surface area contributed by atoms with Crippen molar-refractivity contribution in [2.45, 2.75) is 0 Å². The number of rotatable bonds is 5. The molecule has 0 bridgehead atoms. The highest BCUT2D eigenvalue weighted by Gasteiger charge is 2.09. The number of benzene rings is 1. The van der Waals surface area contributed by atoms with E-state index in [1.54, 1.807) is 0 Å². The minimum atomic E-state index is -4.41. The Morgan fingerprint density at radius 2 is 1.67 bits per heavy atom. The molecule has 0 unspecified atom stereocenters. The molecule has 2 N–H and O–H groups in total. The summed E-state index contributed by atoms with van der Waals surface area (Å²) in [6.45, 7) is 2.17. The van der Waals surface area contributed by atoms with Crippen molar-refractivity contribution in [2.24, 2.45) is 0 Å². The summed E-state index contributed by atoms with van der Waals surface area (Å²) in [6, 6.07) is 8.01. The van der Waals surface area contributed by atoms with Crippen molar-refractivity contribution in [3.8, 4) is 0 Å². The average molecular weight is 319 g/mol. The SMILES string of the molecule is CN(CC[N+](C)(C)C)c1ccc(N)cc1.COS(=O)(=O)[O-]. The Morgan fingerprint density at radius 1 is 1.24 bits per heavy atom. The zero-order valence-corrected chi connectivity index (χ0v) is 14.1. The van der Waals surface area contributed by atoms with Gasteiger partial charge in [0.25, 0.3) is 0 Å². The second-order valence-corrected chi connectivity index (χ2v) is 6.75. The minimum absolute atomic E-state index is 0.808. The summed E-state index contributed by atoms with van der Waals surface area (Å²) in [6.07, 6.45) is 0. The van der Waals surface area contributed by atoms with Crippen LogP contribution in [0.4, 0.5) is 11.4 Å². The van der Waals surface area contributed by atoms with Crippen molar-refractivity contribution in [1.29, 1.82) is 0 Å². The molecular weight excluding hydrogens is 294 g/mol. The quantitative estimate of drug-likeness (QED) is 0.367. The maximum Gasteiger partial charge on any atom is 0.217 e. The maximum atomic E-state index is 9.22. The number of hydrogen-bond donors (Lipinski definition) is 1. The summed E-state index contributed by atoms with van der Waals surface area (Å²) >= 11 is 0. The van der Waals surface area contributed by atoms with Crippen molar-refractivity contribution >= 4 is 21.8 Å². The van der Waals surface area contributed by atoms with Crippen molar-refractivity contribution in [1.82, 2.24) is 0 Å². The minimum Gasteiger partial charge on any atom is -0.726 e. The Bertz CT molecular complexity index is 509. The molecular formula is C13H25N3O4S. The van der Waals surface area contributed by atoms with E-state index in [0.29, 0.717) is 0 Å². The molecule has 1 rings (SSSR count). The van der Waals surface area contributed by atoms with Crippen LogP contribution in [0.2, 0.25) is 0 Å². The van der Waals surface area contributed by atoms with Crippen LogP contribution in [-0.2, 0) is 14.6 Å². The molecule has 1 aromatic carbocycles. The van der Waals surface area contributed by atoms with E-state index in [9.17, 15) is 13.0 Å². The molecule has 7 nitrogen and oxygen atoms in total. The van der Waals surface area contributed by atoms with E-state index in [2.05, 4.69) is 49.4 Å². The monoisotopic (exact) mass is 319 g/mol. The Labute approximate surface area is 127 Å². The first-order valence-corrected chi connectivity index (χ1v) is 7.66. The molecule has 1 aromatic rings. The predicted molar refractivity (Wildman–Crippen MR) is 83.7 cm³/mol. The topological polar surface area (TPSA) is 95.7 Å². The zero-order chi connectivity index (χ0) is 16.7. The number of quaternary nitrogens is 1. The van der Waals surface area contributed by atoms with Crippen LogP contribution in [0.25, 0.3) is 0 Å². The van der Waals surface area contributed by atoms with Crippen molar-refractivity contribution in [3.05, 3.63) is 24.3 Å². The van der Waals surface area contributed by atoms with Gasteiger partial charge in [-0.05, 0) is 24.3 Å². The Hall–Kier alpha value is -1.35. The lowest BCUT2D eigenvalue weighted by Crippen LogP contribution is -2.41. The largest absolute Gasteiger partial charge is 0.726 e. The molecule has 0 atom stereocenters. The highest BCUT2D eigenvalue weighted by Crippen LogP contribution is 2.14. The van der Waals surface area contributed by atoms with Crippen molar-refractivity contribution in [3.63, 3.8) is 0 Å². The van der Waals surface area contributed by atoms with Gasteiger partial charge in [-0.3, -0.25) is 4.18 Å². The third-order valence-corrected chi connectivity index (χ3v) is 3.05. The molecule has 0 fully saturated rings. The molecule has 21 heavy (non-hydrogen) atoms. The van der Waals surface area contributed by atoms with Gasteiger partial charge in [-0.25, -0.2) is 8.42 Å². The van der Waals surface area contributed by atoms with E-state index in [1.165, 1.54) is 5.69 Å². The van der Waals surface area contributed by atoms with Gasteiger partial charge in [-0.1, -0.05) is 0 Å². The standard InChI is InChI=1S/C12H22N3.CH4O4S/c1-14(9-10-15(2,3)4)12-7-5-11(13)6-8-12;1-5-6(2,3)4/h5-8H,9-10,13H2,1-4H3;1H3,(H,2,3,4)/q+1;/p-1. The number of nitrogens with zero attached hydrogens (tertiary/aromatic N) is 2. The predicted octanol–water partition coefficient (Wildman–Crippen LogP) is 0.504. The van der Waals surface area contributed by atoms with E-state index in [0.717, 1.165) is 30.4 Å². The number of hydrogen-bond acceptors (Lipinski definition) is 6. The Balaban J connectivity index is 0.000000567. The van der Waals surface area contributed by atoms with Crippen LogP contribution in [0.5, 0.6) is 0 Å². The summed E-state index contributed by atoms with van der Waals surface area (Å²) in [5, 5.41) is 0. The molecule has 0 radical (unpaired) electrons. The van der Waals surface area contributed by atoms with Gasteiger partial charge in [0.2, 0.25) is 10.4 Å². The third-order valence-electron chi connectivity index (χ3n) is 2.64. The van der Waals surface area contributed by atoms with Gasteiger partial charge in [0.1, 0.15) is 0 Å². The summed E-state index contributed by atoms with van der Waals surface area (Å²) in [5.41, 5.74) is 7.69. The van der Waals surface area contributed by atoms with Gasteiger partial charge in [-0.15, -0.1) is 0 Å². The first-order valence-electron chi connectivity index (χ1n) is 6.33. The van der Waals surface area contributed by atoms with E-state index in [-0.39, 0.29) is 0 Å². The van der Waals surface area contributed by atoms with Crippen molar-refractivity contribution < 1.29 is 21.6 Å². The van der Waals surface area contributed by atoms with E-state index in [4.69, 9.17) is 5.73 Å².